The second-order valence-corrected chi connectivity index (χ2v) is 3.71. The maximum atomic E-state index is 5.09. The Labute approximate surface area is 109 Å². The van der Waals surface area contributed by atoms with Gasteiger partial charge in [-0.2, -0.15) is 0 Å². The molecule has 0 amide bonds. The van der Waals surface area contributed by atoms with Crippen LogP contribution in [0.2, 0.25) is 0 Å². The summed E-state index contributed by atoms with van der Waals surface area (Å²) in [4.78, 5) is 8.82. The summed E-state index contributed by atoms with van der Waals surface area (Å²) in [6, 6.07) is 5.77. The van der Waals surface area contributed by atoms with Crippen molar-refractivity contribution < 1.29 is 4.74 Å². The number of ether oxygens (including phenoxy) is 1. The second kappa shape index (κ2) is 8.33. The fourth-order valence-electron chi connectivity index (χ4n) is 1.50. The highest BCUT2D eigenvalue weighted by molar-refractivity contribution is 5.79. The van der Waals surface area contributed by atoms with E-state index in [0.29, 0.717) is 12.4 Å². The smallest absolute Gasteiger partial charge is 0.213 e. The van der Waals surface area contributed by atoms with Gasteiger partial charge in [0.15, 0.2) is 5.96 Å². The van der Waals surface area contributed by atoms with Crippen molar-refractivity contribution in [3.63, 3.8) is 0 Å². The Hall–Kier alpha value is -1.78. The molecular weight excluding hydrogens is 228 g/mol. The van der Waals surface area contributed by atoms with Gasteiger partial charge in [-0.15, -0.1) is 0 Å². The van der Waals surface area contributed by atoms with Crippen LogP contribution in [-0.2, 0) is 6.42 Å². The van der Waals surface area contributed by atoms with E-state index in [1.165, 1.54) is 0 Å². The first-order valence-electron chi connectivity index (χ1n) is 6.32. The van der Waals surface area contributed by atoms with Crippen LogP contribution in [0.4, 0.5) is 0 Å². The van der Waals surface area contributed by atoms with E-state index < -0.39 is 0 Å². The number of nitrogens with one attached hydrogen (secondary N) is 2. The number of aliphatic imine (C=N–C) groups is 1. The van der Waals surface area contributed by atoms with Crippen LogP contribution < -0.4 is 15.4 Å². The molecule has 1 rings (SSSR count). The molecule has 0 saturated heterocycles. The van der Waals surface area contributed by atoms with Crippen molar-refractivity contribution >= 4 is 5.96 Å². The Morgan fingerprint density at radius 2 is 2.00 bits per heavy atom. The van der Waals surface area contributed by atoms with Crippen LogP contribution in [0.5, 0.6) is 5.88 Å². The van der Waals surface area contributed by atoms with Crippen LogP contribution >= 0.6 is 0 Å². The van der Waals surface area contributed by atoms with Crippen molar-refractivity contribution in [2.75, 3.05) is 26.7 Å². The number of pyridine rings is 1. The molecule has 0 unspecified atom stereocenters. The van der Waals surface area contributed by atoms with Gasteiger partial charge in [0.05, 0.1) is 7.11 Å². The van der Waals surface area contributed by atoms with Crippen molar-refractivity contribution in [1.82, 2.24) is 15.6 Å². The molecule has 5 heteroatoms. The van der Waals surface area contributed by atoms with E-state index in [-0.39, 0.29) is 0 Å². The molecule has 0 radical (unpaired) electrons. The quantitative estimate of drug-likeness (QED) is 0.588. The van der Waals surface area contributed by atoms with Crippen LogP contribution in [0.1, 0.15) is 19.5 Å². The van der Waals surface area contributed by atoms with Crippen molar-refractivity contribution in [2.24, 2.45) is 4.99 Å². The number of hydrogen-bond acceptors (Lipinski definition) is 3. The minimum atomic E-state index is 0.648. The molecule has 1 aromatic rings. The fourth-order valence-corrected chi connectivity index (χ4v) is 1.50. The molecule has 0 saturated carbocycles. The van der Waals surface area contributed by atoms with Crippen molar-refractivity contribution in [1.29, 1.82) is 0 Å². The summed E-state index contributed by atoms with van der Waals surface area (Å²) in [6.07, 6.45) is 0.803. The number of aromatic nitrogens is 1. The van der Waals surface area contributed by atoms with Crippen LogP contribution in [0.15, 0.2) is 23.2 Å². The Balaban J connectivity index is 2.49. The normalized spacial score (nSPS) is 9.72. The minimum absolute atomic E-state index is 0.648. The molecule has 0 aromatic carbocycles. The summed E-state index contributed by atoms with van der Waals surface area (Å²) in [7, 11) is 1.62. The number of guanidine groups is 1. The molecule has 0 aliphatic heterocycles. The van der Waals surface area contributed by atoms with Gasteiger partial charge in [-0.3, -0.25) is 4.99 Å². The van der Waals surface area contributed by atoms with Crippen LogP contribution in [0.3, 0.4) is 0 Å². The lowest BCUT2D eigenvalue weighted by molar-refractivity contribution is 0.396. The summed E-state index contributed by atoms with van der Waals surface area (Å²) in [5, 5.41) is 6.37. The lowest BCUT2D eigenvalue weighted by Gasteiger charge is -2.08. The summed E-state index contributed by atoms with van der Waals surface area (Å²) in [5.41, 5.74) is 0.991. The monoisotopic (exact) mass is 250 g/mol. The van der Waals surface area contributed by atoms with Crippen molar-refractivity contribution in [2.45, 2.75) is 20.3 Å². The third-order valence-corrected chi connectivity index (χ3v) is 2.32. The molecule has 0 aliphatic carbocycles. The molecular formula is C13H22N4O. The van der Waals surface area contributed by atoms with E-state index >= 15 is 0 Å². The fraction of sp³-hybridized carbons (Fsp3) is 0.538. The molecule has 0 atom stereocenters. The third-order valence-electron chi connectivity index (χ3n) is 2.32. The lowest BCUT2D eigenvalue weighted by Crippen LogP contribution is -2.37. The highest BCUT2D eigenvalue weighted by atomic mass is 16.5. The van der Waals surface area contributed by atoms with E-state index in [1.807, 2.05) is 18.2 Å². The van der Waals surface area contributed by atoms with E-state index in [2.05, 4.69) is 34.5 Å². The number of methoxy groups -OCH3 is 1. The highest BCUT2D eigenvalue weighted by Crippen LogP contribution is 2.06. The van der Waals surface area contributed by atoms with Crippen LogP contribution in [-0.4, -0.2) is 37.7 Å². The Bertz CT molecular complexity index is 371. The van der Waals surface area contributed by atoms with E-state index in [0.717, 1.165) is 31.2 Å². The molecule has 0 fully saturated rings. The zero-order valence-corrected chi connectivity index (χ0v) is 11.4. The number of hydrogen-bond donors (Lipinski definition) is 2. The van der Waals surface area contributed by atoms with Gasteiger partial charge in [-0.05, 0) is 19.9 Å². The van der Waals surface area contributed by atoms with E-state index in [1.54, 1.807) is 7.11 Å². The molecule has 1 heterocycles. The molecule has 100 valence electrons. The summed E-state index contributed by atoms with van der Waals surface area (Å²) in [5.74, 6) is 1.50. The van der Waals surface area contributed by atoms with Gasteiger partial charge in [0.1, 0.15) is 0 Å². The largest absolute Gasteiger partial charge is 0.481 e. The zero-order chi connectivity index (χ0) is 13.2. The maximum absolute atomic E-state index is 5.09. The van der Waals surface area contributed by atoms with Gasteiger partial charge in [0.25, 0.3) is 0 Å². The molecule has 18 heavy (non-hydrogen) atoms. The summed E-state index contributed by atoms with van der Waals surface area (Å²) >= 11 is 0. The predicted octanol–water partition coefficient (Wildman–Crippen LogP) is 1.21. The second-order valence-electron chi connectivity index (χ2n) is 3.71. The van der Waals surface area contributed by atoms with Crippen LogP contribution in [0, 0.1) is 0 Å². The average Bonchev–Trinajstić information content (AvgIpc) is 2.39. The molecule has 2 N–H and O–H groups in total. The molecule has 1 aromatic heterocycles. The van der Waals surface area contributed by atoms with E-state index in [4.69, 9.17) is 4.74 Å². The zero-order valence-electron chi connectivity index (χ0n) is 11.4. The lowest BCUT2D eigenvalue weighted by atomic mass is 10.3. The first-order chi connectivity index (χ1) is 8.80. The number of nitrogens with zero attached hydrogens (tertiary/aromatic N) is 2. The summed E-state index contributed by atoms with van der Waals surface area (Å²) < 4.78 is 5.09. The topological polar surface area (TPSA) is 58.5 Å². The molecule has 5 nitrogen and oxygen atoms in total. The molecule has 0 spiro atoms. The standard InChI is InChI=1S/C13H22N4O/c1-4-14-13(15-5-2)16-10-9-11-7-6-8-12(17-11)18-3/h6-8H,4-5,9-10H2,1-3H3,(H2,14,15,16). The van der Waals surface area contributed by atoms with Gasteiger partial charge in [-0.25, -0.2) is 4.98 Å². The number of rotatable bonds is 6. The van der Waals surface area contributed by atoms with Gasteiger partial charge in [0.2, 0.25) is 5.88 Å². The minimum Gasteiger partial charge on any atom is -0.481 e. The van der Waals surface area contributed by atoms with Gasteiger partial charge < -0.3 is 15.4 Å². The van der Waals surface area contributed by atoms with E-state index in [9.17, 15) is 0 Å². The summed E-state index contributed by atoms with van der Waals surface area (Å²) in [6.45, 7) is 6.54. The Kier molecular flexibility index (Phi) is 6.61. The average molecular weight is 250 g/mol. The van der Waals surface area contributed by atoms with Gasteiger partial charge >= 0.3 is 0 Å². The predicted molar refractivity (Wildman–Crippen MR) is 74.1 cm³/mol. The third kappa shape index (κ3) is 5.03. The molecule has 0 bridgehead atoms. The maximum Gasteiger partial charge on any atom is 0.213 e. The first kappa shape index (κ1) is 14.3. The highest BCUT2D eigenvalue weighted by Gasteiger charge is 1.98. The van der Waals surface area contributed by atoms with Crippen molar-refractivity contribution in [3.05, 3.63) is 23.9 Å². The molecule has 0 aliphatic rings. The van der Waals surface area contributed by atoms with Gasteiger partial charge in [0, 0.05) is 37.8 Å². The van der Waals surface area contributed by atoms with Crippen molar-refractivity contribution in [3.8, 4) is 5.88 Å². The SMILES string of the molecule is CCNC(=NCCc1cccc(OC)n1)NCC. The Morgan fingerprint density at radius 1 is 1.28 bits per heavy atom. The Morgan fingerprint density at radius 3 is 2.61 bits per heavy atom. The first-order valence-corrected chi connectivity index (χ1v) is 6.32. The van der Waals surface area contributed by atoms with Crippen LogP contribution in [0.25, 0.3) is 0 Å². The van der Waals surface area contributed by atoms with Gasteiger partial charge in [-0.1, -0.05) is 6.07 Å².